The van der Waals surface area contributed by atoms with Crippen molar-refractivity contribution in [3.05, 3.63) is 29.3 Å². The summed E-state index contributed by atoms with van der Waals surface area (Å²) in [5.41, 5.74) is 3.46. The lowest BCUT2D eigenvalue weighted by Crippen LogP contribution is -2.39. The lowest BCUT2D eigenvalue weighted by Gasteiger charge is -2.31. The summed E-state index contributed by atoms with van der Waals surface area (Å²) < 4.78 is 30.3. The standard InChI is InChI=1S/C23H37N3O4S/c1-18(2)30-23(27)25-13-9-19(10-14-25)6-4-5-12-24-22-8-7-21-17-26(31(3,28)29)15-11-20(21)16-22/h7-8,16,18-19,24H,4-6,9-15,17H2,1-3H3. The predicted molar refractivity (Wildman–Crippen MR) is 124 cm³/mol. The van der Waals surface area contributed by atoms with E-state index < -0.39 is 10.0 Å². The Bertz CT molecular complexity index is 848. The SMILES string of the molecule is CC(C)OC(=O)N1CCC(CCCCNc2ccc3c(c2)CCN(S(C)(=O)=O)C3)CC1. The van der Waals surface area contributed by atoms with E-state index in [2.05, 4.69) is 17.4 Å². The van der Waals surface area contributed by atoms with Crippen molar-refractivity contribution in [1.29, 1.82) is 0 Å². The third kappa shape index (κ3) is 7.10. The van der Waals surface area contributed by atoms with Gasteiger partial charge in [-0.1, -0.05) is 18.9 Å². The number of benzene rings is 1. The van der Waals surface area contributed by atoms with E-state index in [1.807, 2.05) is 24.8 Å². The van der Waals surface area contributed by atoms with Crippen molar-refractivity contribution in [2.24, 2.45) is 5.92 Å². The van der Waals surface area contributed by atoms with Crippen molar-refractivity contribution in [2.75, 3.05) is 37.8 Å². The topological polar surface area (TPSA) is 79.0 Å². The van der Waals surface area contributed by atoms with Crippen molar-refractivity contribution in [3.8, 4) is 0 Å². The molecule has 1 aromatic rings. The Labute approximate surface area is 187 Å². The van der Waals surface area contributed by atoms with Gasteiger partial charge in [0.05, 0.1) is 12.4 Å². The number of likely N-dealkylation sites (tertiary alicyclic amines) is 1. The largest absolute Gasteiger partial charge is 0.447 e. The first-order chi connectivity index (χ1) is 14.7. The van der Waals surface area contributed by atoms with E-state index in [0.717, 1.165) is 56.6 Å². The second-order valence-electron chi connectivity index (χ2n) is 9.12. The number of nitrogens with zero attached hydrogens (tertiary/aromatic N) is 2. The molecule has 2 aliphatic heterocycles. The van der Waals surface area contributed by atoms with Crippen LogP contribution in [0.4, 0.5) is 10.5 Å². The van der Waals surface area contributed by atoms with Crippen molar-refractivity contribution < 1.29 is 17.9 Å². The summed E-state index contributed by atoms with van der Waals surface area (Å²) in [6.07, 6.45) is 7.45. The van der Waals surface area contributed by atoms with Crippen LogP contribution in [0.2, 0.25) is 0 Å². The van der Waals surface area contributed by atoms with Gasteiger partial charge in [-0.25, -0.2) is 13.2 Å². The van der Waals surface area contributed by atoms with Gasteiger partial charge in [-0.05, 0) is 68.7 Å². The van der Waals surface area contributed by atoms with Crippen LogP contribution in [0.25, 0.3) is 0 Å². The van der Waals surface area contributed by atoms with Crippen LogP contribution in [0.1, 0.15) is 57.1 Å². The van der Waals surface area contributed by atoms with E-state index in [1.54, 1.807) is 4.31 Å². The van der Waals surface area contributed by atoms with Gasteiger partial charge in [0.15, 0.2) is 0 Å². The molecule has 0 atom stereocenters. The minimum Gasteiger partial charge on any atom is -0.447 e. The van der Waals surface area contributed by atoms with Crippen molar-refractivity contribution in [2.45, 2.75) is 65.0 Å². The fourth-order valence-electron chi connectivity index (χ4n) is 4.39. The van der Waals surface area contributed by atoms with E-state index in [1.165, 1.54) is 24.7 Å². The highest BCUT2D eigenvalue weighted by atomic mass is 32.2. The first-order valence-electron chi connectivity index (χ1n) is 11.5. The number of piperidine rings is 1. The van der Waals surface area contributed by atoms with Gasteiger partial charge >= 0.3 is 6.09 Å². The molecule has 0 bridgehead atoms. The molecule has 1 amide bonds. The summed E-state index contributed by atoms with van der Waals surface area (Å²) in [4.78, 5) is 13.8. The smallest absolute Gasteiger partial charge is 0.410 e. The number of carbonyl (C=O) groups excluding carboxylic acids is 1. The van der Waals surface area contributed by atoms with Crippen LogP contribution in [-0.2, 0) is 27.7 Å². The molecule has 1 N–H and O–H groups in total. The summed E-state index contributed by atoms with van der Waals surface area (Å²) in [5.74, 6) is 0.699. The fraction of sp³-hybridized carbons (Fsp3) is 0.696. The number of fused-ring (bicyclic) bond motifs is 1. The van der Waals surface area contributed by atoms with Crippen LogP contribution in [0.15, 0.2) is 18.2 Å². The predicted octanol–water partition coefficient (Wildman–Crippen LogP) is 3.84. The summed E-state index contributed by atoms with van der Waals surface area (Å²) in [5, 5.41) is 3.51. The zero-order valence-electron chi connectivity index (χ0n) is 19.1. The maximum absolute atomic E-state index is 12.0. The van der Waals surface area contributed by atoms with Gasteiger partial charge in [-0.15, -0.1) is 0 Å². The summed E-state index contributed by atoms with van der Waals surface area (Å²) in [6.45, 7) is 7.35. The van der Waals surface area contributed by atoms with Crippen LogP contribution >= 0.6 is 0 Å². The van der Waals surface area contributed by atoms with Crippen LogP contribution in [0, 0.1) is 5.92 Å². The Kier molecular flexibility index (Phi) is 8.22. The minimum absolute atomic E-state index is 0.0602. The van der Waals surface area contributed by atoms with E-state index in [-0.39, 0.29) is 12.2 Å². The number of unbranched alkanes of at least 4 members (excludes halogenated alkanes) is 1. The zero-order valence-corrected chi connectivity index (χ0v) is 19.9. The number of anilines is 1. The number of ether oxygens (including phenoxy) is 1. The second kappa shape index (κ2) is 10.7. The molecule has 31 heavy (non-hydrogen) atoms. The van der Waals surface area contributed by atoms with Gasteiger partial charge in [-0.3, -0.25) is 0 Å². The van der Waals surface area contributed by atoms with Gasteiger partial charge in [0.1, 0.15) is 0 Å². The van der Waals surface area contributed by atoms with E-state index >= 15 is 0 Å². The highest BCUT2D eigenvalue weighted by Crippen LogP contribution is 2.25. The molecule has 0 unspecified atom stereocenters. The van der Waals surface area contributed by atoms with Crippen molar-refractivity contribution in [3.63, 3.8) is 0 Å². The molecular weight excluding hydrogens is 414 g/mol. The first kappa shape index (κ1) is 23.9. The lowest BCUT2D eigenvalue weighted by atomic mass is 9.92. The zero-order chi connectivity index (χ0) is 22.4. The van der Waals surface area contributed by atoms with Crippen LogP contribution in [-0.4, -0.2) is 62.3 Å². The average Bonchev–Trinajstić information content (AvgIpc) is 2.72. The van der Waals surface area contributed by atoms with Gasteiger partial charge in [-0.2, -0.15) is 4.31 Å². The van der Waals surface area contributed by atoms with E-state index in [0.29, 0.717) is 19.0 Å². The van der Waals surface area contributed by atoms with Crippen LogP contribution in [0.5, 0.6) is 0 Å². The second-order valence-corrected chi connectivity index (χ2v) is 11.1. The van der Waals surface area contributed by atoms with E-state index in [4.69, 9.17) is 4.74 Å². The number of carbonyl (C=O) groups is 1. The maximum atomic E-state index is 12.0. The highest BCUT2D eigenvalue weighted by Gasteiger charge is 2.24. The minimum atomic E-state index is -3.13. The Morgan fingerprint density at radius 3 is 2.58 bits per heavy atom. The molecule has 0 aromatic heterocycles. The van der Waals surface area contributed by atoms with Gasteiger partial charge < -0.3 is 15.0 Å². The molecule has 2 aliphatic rings. The van der Waals surface area contributed by atoms with Gasteiger partial charge in [0.2, 0.25) is 10.0 Å². The Balaban J connectivity index is 1.33. The fourth-order valence-corrected chi connectivity index (χ4v) is 5.19. The molecule has 1 saturated heterocycles. The molecule has 0 aliphatic carbocycles. The van der Waals surface area contributed by atoms with Crippen LogP contribution < -0.4 is 5.32 Å². The molecule has 2 heterocycles. The summed E-state index contributed by atoms with van der Waals surface area (Å²) in [7, 11) is -3.13. The Morgan fingerprint density at radius 1 is 1.16 bits per heavy atom. The molecule has 3 rings (SSSR count). The lowest BCUT2D eigenvalue weighted by molar-refractivity contribution is 0.0646. The third-order valence-corrected chi connectivity index (χ3v) is 7.48. The molecule has 0 saturated carbocycles. The maximum Gasteiger partial charge on any atom is 0.410 e. The summed E-state index contributed by atoms with van der Waals surface area (Å²) in [6, 6.07) is 6.27. The molecule has 0 radical (unpaired) electrons. The molecular formula is C23H37N3O4S. The number of sulfonamides is 1. The van der Waals surface area contributed by atoms with Crippen molar-refractivity contribution in [1.82, 2.24) is 9.21 Å². The molecule has 7 nitrogen and oxygen atoms in total. The van der Waals surface area contributed by atoms with Gasteiger partial charge in [0, 0.05) is 38.4 Å². The van der Waals surface area contributed by atoms with Crippen LogP contribution in [0.3, 0.4) is 0 Å². The average molecular weight is 452 g/mol. The van der Waals surface area contributed by atoms with E-state index in [9.17, 15) is 13.2 Å². The molecule has 8 heteroatoms. The normalized spacial score (nSPS) is 18.1. The Morgan fingerprint density at radius 2 is 1.90 bits per heavy atom. The van der Waals surface area contributed by atoms with Gasteiger partial charge in [0.25, 0.3) is 0 Å². The number of rotatable bonds is 8. The number of amides is 1. The molecule has 1 aromatic carbocycles. The molecule has 174 valence electrons. The number of hydrogen-bond acceptors (Lipinski definition) is 5. The quantitative estimate of drug-likeness (QED) is 0.608. The first-order valence-corrected chi connectivity index (χ1v) is 13.3. The number of nitrogens with one attached hydrogen (secondary N) is 1. The highest BCUT2D eigenvalue weighted by molar-refractivity contribution is 7.88. The number of hydrogen-bond donors (Lipinski definition) is 1. The summed E-state index contributed by atoms with van der Waals surface area (Å²) >= 11 is 0. The molecule has 1 fully saturated rings. The third-order valence-electron chi connectivity index (χ3n) is 6.23. The Hall–Kier alpha value is -1.80. The van der Waals surface area contributed by atoms with Crippen molar-refractivity contribution >= 4 is 21.8 Å². The molecule has 0 spiro atoms. The monoisotopic (exact) mass is 451 g/mol.